The van der Waals surface area contributed by atoms with E-state index in [1.807, 2.05) is 11.3 Å². The molecular weight excluding hydrogens is 192 g/mol. The summed E-state index contributed by atoms with van der Waals surface area (Å²) in [6.45, 7) is 3.23. The Labute approximate surface area is 89.7 Å². The zero-order valence-electron chi connectivity index (χ0n) is 8.86. The van der Waals surface area contributed by atoms with Gasteiger partial charge in [-0.15, -0.1) is 11.3 Å². The van der Waals surface area contributed by atoms with Crippen LogP contribution in [0.15, 0.2) is 11.4 Å². The normalized spacial score (nSPS) is 26.6. The minimum absolute atomic E-state index is 0.451. The highest BCUT2D eigenvalue weighted by Crippen LogP contribution is 2.25. The predicted molar refractivity (Wildman–Crippen MR) is 61.5 cm³/mol. The van der Waals surface area contributed by atoms with Gasteiger partial charge in [0.05, 0.1) is 0 Å². The van der Waals surface area contributed by atoms with Crippen LogP contribution in [0, 0.1) is 6.92 Å². The van der Waals surface area contributed by atoms with Crippen molar-refractivity contribution in [1.82, 2.24) is 4.90 Å². The molecule has 0 atom stereocenters. The Morgan fingerprint density at radius 1 is 1.57 bits per heavy atom. The standard InChI is InChI=1S/C11H18N2S/c1-8-3-9(7-14-8)6-13(2)11-4-10(12)5-11/h3,7,10-11H,4-6,12H2,1-2H3. The highest BCUT2D eigenvalue weighted by molar-refractivity contribution is 7.10. The summed E-state index contributed by atoms with van der Waals surface area (Å²) in [6.07, 6.45) is 2.33. The zero-order valence-corrected chi connectivity index (χ0v) is 9.68. The number of hydrogen-bond donors (Lipinski definition) is 1. The molecule has 1 aliphatic rings. The number of nitrogens with zero attached hydrogens (tertiary/aromatic N) is 1. The molecule has 1 aromatic rings. The van der Waals surface area contributed by atoms with Gasteiger partial charge in [0.25, 0.3) is 0 Å². The molecule has 1 heterocycles. The maximum Gasteiger partial charge on any atom is 0.0242 e. The van der Waals surface area contributed by atoms with Gasteiger partial charge in [0.15, 0.2) is 0 Å². The van der Waals surface area contributed by atoms with Crippen LogP contribution in [0.1, 0.15) is 23.3 Å². The fourth-order valence-corrected chi connectivity index (χ4v) is 2.69. The monoisotopic (exact) mass is 210 g/mol. The average molecular weight is 210 g/mol. The first-order chi connectivity index (χ1) is 6.65. The molecule has 1 fully saturated rings. The first kappa shape index (κ1) is 10.1. The molecule has 2 nitrogen and oxygen atoms in total. The second-order valence-electron chi connectivity index (χ2n) is 4.37. The van der Waals surface area contributed by atoms with Crippen LogP contribution in [-0.4, -0.2) is 24.0 Å². The van der Waals surface area contributed by atoms with Crippen LogP contribution in [-0.2, 0) is 6.54 Å². The lowest BCUT2D eigenvalue weighted by Gasteiger charge is -2.39. The lowest BCUT2D eigenvalue weighted by molar-refractivity contribution is 0.133. The third-order valence-electron chi connectivity index (χ3n) is 2.99. The van der Waals surface area contributed by atoms with Crippen LogP contribution in [0.4, 0.5) is 0 Å². The van der Waals surface area contributed by atoms with Crippen molar-refractivity contribution in [3.05, 3.63) is 21.9 Å². The summed E-state index contributed by atoms with van der Waals surface area (Å²) in [6, 6.07) is 3.44. The van der Waals surface area contributed by atoms with Crippen LogP contribution >= 0.6 is 11.3 Å². The summed E-state index contributed by atoms with van der Waals surface area (Å²) in [5.41, 5.74) is 7.22. The second-order valence-corrected chi connectivity index (χ2v) is 5.48. The van der Waals surface area contributed by atoms with Crippen molar-refractivity contribution in [3.8, 4) is 0 Å². The van der Waals surface area contributed by atoms with E-state index < -0.39 is 0 Å². The molecule has 0 aliphatic heterocycles. The molecule has 1 aromatic heterocycles. The maximum absolute atomic E-state index is 5.78. The van der Waals surface area contributed by atoms with E-state index in [4.69, 9.17) is 5.73 Å². The summed E-state index contributed by atoms with van der Waals surface area (Å²) in [5.74, 6) is 0. The van der Waals surface area contributed by atoms with Crippen molar-refractivity contribution in [2.45, 2.75) is 38.4 Å². The Morgan fingerprint density at radius 3 is 2.79 bits per heavy atom. The second kappa shape index (κ2) is 4.01. The van der Waals surface area contributed by atoms with Gasteiger partial charge in [-0.2, -0.15) is 0 Å². The molecule has 0 radical (unpaired) electrons. The summed E-state index contributed by atoms with van der Waals surface area (Å²) in [7, 11) is 2.20. The highest BCUT2D eigenvalue weighted by atomic mass is 32.1. The molecule has 0 aromatic carbocycles. The van der Waals surface area contributed by atoms with Crippen LogP contribution in [0.2, 0.25) is 0 Å². The Bertz CT molecular complexity index is 302. The molecule has 2 N–H and O–H groups in total. The Hall–Kier alpha value is -0.380. The summed E-state index contributed by atoms with van der Waals surface area (Å²) in [4.78, 5) is 3.82. The van der Waals surface area contributed by atoms with Crippen molar-refractivity contribution >= 4 is 11.3 Å². The van der Waals surface area contributed by atoms with Crippen molar-refractivity contribution in [1.29, 1.82) is 0 Å². The fourth-order valence-electron chi connectivity index (χ4n) is 1.99. The Kier molecular flexibility index (Phi) is 2.91. The van der Waals surface area contributed by atoms with E-state index >= 15 is 0 Å². The van der Waals surface area contributed by atoms with Crippen molar-refractivity contribution < 1.29 is 0 Å². The van der Waals surface area contributed by atoms with E-state index in [2.05, 4.69) is 30.3 Å². The molecule has 0 unspecified atom stereocenters. The first-order valence-electron chi connectivity index (χ1n) is 5.15. The minimum atomic E-state index is 0.451. The highest BCUT2D eigenvalue weighted by Gasteiger charge is 2.28. The van der Waals surface area contributed by atoms with Crippen LogP contribution < -0.4 is 5.73 Å². The van der Waals surface area contributed by atoms with Crippen LogP contribution in [0.5, 0.6) is 0 Å². The molecule has 14 heavy (non-hydrogen) atoms. The number of thiophene rings is 1. The van der Waals surface area contributed by atoms with Gasteiger partial charge in [0.1, 0.15) is 0 Å². The van der Waals surface area contributed by atoms with Crippen molar-refractivity contribution in [2.75, 3.05) is 7.05 Å². The predicted octanol–water partition coefficient (Wildman–Crippen LogP) is 1.98. The lowest BCUT2D eigenvalue weighted by atomic mass is 9.86. The molecule has 2 rings (SSSR count). The number of hydrogen-bond acceptors (Lipinski definition) is 3. The minimum Gasteiger partial charge on any atom is -0.328 e. The molecule has 3 heteroatoms. The first-order valence-corrected chi connectivity index (χ1v) is 6.03. The zero-order chi connectivity index (χ0) is 10.1. The largest absolute Gasteiger partial charge is 0.328 e. The van der Waals surface area contributed by atoms with E-state index in [1.54, 1.807) is 0 Å². The van der Waals surface area contributed by atoms with E-state index in [1.165, 1.54) is 23.3 Å². The molecule has 1 saturated carbocycles. The molecule has 0 amide bonds. The molecule has 0 saturated heterocycles. The molecule has 78 valence electrons. The summed E-state index contributed by atoms with van der Waals surface area (Å²) in [5, 5.41) is 2.25. The SMILES string of the molecule is Cc1cc(CN(C)C2CC(N)C2)cs1. The van der Waals surface area contributed by atoms with Gasteiger partial charge in [-0.1, -0.05) is 0 Å². The average Bonchev–Trinajstić information content (AvgIpc) is 2.45. The quantitative estimate of drug-likeness (QED) is 0.826. The van der Waals surface area contributed by atoms with Gasteiger partial charge in [0, 0.05) is 23.5 Å². The maximum atomic E-state index is 5.78. The molecule has 1 aliphatic carbocycles. The third kappa shape index (κ3) is 2.16. The smallest absolute Gasteiger partial charge is 0.0242 e. The number of rotatable bonds is 3. The van der Waals surface area contributed by atoms with E-state index in [0.717, 1.165) is 6.54 Å². The van der Waals surface area contributed by atoms with Crippen LogP contribution in [0.25, 0.3) is 0 Å². The van der Waals surface area contributed by atoms with Gasteiger partial charge >= 0.3 is 0 Å². The number of aryl methyl sites for hydroxylation is 1. The van der Waals surface area contributed by atoms with Crippen molar-refractivity contribution in [3.63, 3.8) is 0 Å². The molecule has 0 spiro atoms. The Balaban J connectivity index is 1.85. The molecular formula is C11H18N2S. The third-order valence-corrected chi connectivity index (χ3v) is 3.90. The summed E-state index contributed by atoms with van der Waals surface area (Å²) < 4.78 is 0. The Morgan fingerprint density at radius 2 is 2.29 bits per heavy atom. The van der Waals surface area contributed by atoms with E-state index in [-0.39, 0.29) is 0 Å². The van der Waals surface area contributed by atoms with E-state index in [9.17, 15) is 0 Å². The topological polar surface area (TPSA) is 29.3 Å². The van der Waals surface area contributed by atoms with Gasteiger partial charge in [-0.25, -0.2) is 0 Å². The van der Waals surface area contributed by atoms with E-state index in [0.29, 0.717) is 12.1 Å². The lowest BCUT2D eigenvalue weighted by Crippen LogP contribution is -2.48. The van der Waals surface area contributed by atoms with Crippen LogP contribution in [0.3, 0.4) is 0 Å². The fraction of sp³-hybridized carbons (Fsp3) is 0.636. The summed E-state index contributed by atoms with van der Waals surface area (Å²) >= 11 is 1.83. The van der Waals surface area contributed by atoms with Gasteiger partial charge in [-0.3, -0.25) is 4.90 Å². The van der Waals surface area contributed by atoms with Gasteiger partial charge in [-0.05, 0) is 43.8 Å². The van der Waals surface area contributed by atoms with Crippen molar-refractivity contribution in [2.24, 2.45) is 5.73 Å². The van der Waals surface area contributed by atoms with Gasteiger partial charge in [0.2, 0.25) is 0 Å². The molecule has 0 bridgehead atoms. The van der Waals surface area contributed by atoms with Gasteiger partial charge < -0.3 is 5.73 Å². The number of nitrogens with two attached hydrogens (primary N) is 1.